The molecule has 1 aromatic rings. The second-order valence-electron chi connectivity index (χ2n) is 3.40. The van der Waals surface area contributed by atoms with Crippen LogP contribution in [0.2, 0.25) is 0 Å². The van der Waals surface area contributed by atoms with Crippen LogP contribution in [0.25, 0.3) is 0 Å². The topological polar surface area (TPSA) is 39.7 Å². The van der Waals surface area contributed by atoms with E-state index >= 15 is 0 Å². The Morgan fingerprint density at radius 3 is 3.00 bits per heavy atom. The summed E-state index contributed by atoms with van der Waals surface area (Å²) in [5, 5.41) is 0. The van der Waals surface area contributed by atoms with Crippen molar-refractivity contribution in [3.63, 3.8) is 0 Å². The van der Waals surface area contributed by atoms with Crippen molar-refractivity contribution in [2.75, 3.05) is 25.5 Å². The van der Waals surface area contributed by atoms with Gasteiger partial charge in [0.15, 0.2) is 0 Å². The van der Waals surface area contributed by atoms with Gasteiger partial charge in [0, 0.05) is 18.6 Å². The van der Waals surface area contributed by atoms with Crippen molar-refractivity contribution in [2.24, 2.45) is 4.99 Å². The lowest BCUT2D eigenvalue weighted by Crippen LogP contribution is -2.42. The molecule has 0 unspecified atom stereocenters. The second-order valence-corrected chi connectivity index (χ2v) is 4.25. The minimum Gasteiger partial charge on any atom is -0.364 e. The molecule has 80 valence electrons. The molecule has 2 N–H and O–H groups in total. The minimum absolute atomic E-state index is 0.774. The van der Waals surface area contributed by atoms with Gasteiger partial charge in [0.2, 0.25) is 0 Å². The number of hydrazine groups is 1. The summed E-state index contributed by atoms with van der Waals surface area (Å²) in [6.45, 7) is 0.774. The Balaban J connectivity index is 2.43. The largest absolute Gasteiger partial charge is 0.364 e. The standard InChI is InChI=1S/C10H13BrN4/c1-12-14-9-6-15(2)10-7(11)4-3-5-8(10)13-9/h3-5,12H,6H2,1-2H3,(H,13,14). The molecule has 0 spiro atoms. The molecule has 0 fully saturated rings. The van der Waals surface area contributed by atoms with Crippen molar-refractivity contribution in [2.45, 2.75) is 0 Å². The van der Waals surface area contributed by atoms with Gasteiger partial charge in [0.25, 0.3) is 0 Å². The van der Waals surface area contributed by atoms with E-state index in [1.807, 2.05) is 25.2 Å². The first-order valence-electron chi connectivity index (χ1n) is 4.72. The Morgan fingerprint density at radius 2 is 2.27 bits per heavy atom. The van der Waals surface area contributed by atoms with E-state index < -0.39 is 0 Å². The zero-order chi connectivity index (χ0) is 10.8. The number of rotatable bonds is 1. The van der Waals surface area contributed by atoms with E-state index in [0.717, 1.165) is 28.2 Å². The molecule has 2 rings (SSSR count). The van der Waals surface area contributed by atoms with Crippen LogP contribution in [-0.4, -0.2) is 26.5 Å². The van der Waals surface area contributed by atoms with E-state index in [0.29, 0.717) is 0 Å². The molecular weight excluding hydrogens is 256 g/mol. The molecule has 0 radical (unpaired) electrons. The number of para-hydroxylation sites is 1. The van der Waals surface area contributed by atoms with Crippen LogP contribution < -0.4 is 15.8 Å². The zero-order valence-electron chi connectivity index (χ0n) is 8.71. The summed E-state index contributed by atoms with van der Waals surface area (Å²) in [7, 11) is 3.88. The normalized spacial score (nSPS) is 14.6. The number of hydrogen-bond acceptors (Lipinski definition) is 4. The van der Waals surface area contributed by atoms with E-state index in [9.17, 15) is 0 Å². The maximum absolute atomic E-state index is 4.52. The highest BCUT2D eigenvalue weighted by Crippen LogP contribution is 2.37. The highest BCUT2D eigenvalue weighted by atomic mass is 79.9. The van der Waals surface area contributed by atoms with Gasteiger partial charge < -0.3 is 10.3 Å². The molecule has 1 aliphatic rings. The first-order chi connectivity index (χ1) is 7.22. The van der Waals surface area contributed by atoms with Crippen LogP contribution in [0.15, 0.2) is 27.7 Å². The maximum atomic E-state index is 4.52. The fourth-order valence-electron chi connectivity index (χ4n) is 1.67. The van der Waals surface area contributed by atoms with Crippen molar-refractivity contribution in [3.05, 3.63) is 22.7 Å². The molecule has 5 heteroatoms. The van der Waals surface area contributed by atoms with Crippen LogP contribution in [0.4, 0.5) is 11.4 Å². The number of amidine groups is 1. The Labute approximate surface area is 97.5 Å². The average molecular weight is 269 g/mol. The van der Waals surface area contributed by atoms with Gasteiger partial charge in [-0.1, -0.05) is 6.07 Å². The Morgan fingerprint density at radius 1 is 1.47 bits per heavy atom. The number of nitrogens with zero attached hydrogens (tertiary/aromatic N) is 2. The molecule has 1 heterocycles. The third-order valence-corrected chi connectivity index (χ3v) is 2.90. The number of benzene rings is 1. The predicted molar refractivity (Wildman–Crippen MR) is 66.7 cm³/mol. The summed E-state index contributed by atoms with van der Waals surface area (Å²) in [5.74, 6) is 0.922. The predicted octanol–water partition coefficient (Wildman–Crippen LogP) is 1.65. The van der Waals surface area contributed by atoms with Gasteiger partial charge in [0.1, 0.15) is 5.84 Å². The van der Waals surface area contributed by atoms with Crippen molar-refractivity contribution in [1.29, 1.82) is 0 Å². The number of halogens is 1. The lowest BCUT2D eigenvalue weighted by molar-refractivity contribution is 0.751. The fraction of sp³-hybridized carbons (Fsp3) is 0.300. The summed E-state index contributed by atoms with van der Waals surface area (Å²) in [5.41, 5.74) is 8.02. The van der Waals surface area contributed by atoms with Crippen molar-refractivity contribution < 1.29 is 0 Å². The Bertz CT molecular complexity index is 402. The number of aliphatic imine (C=N–C) groups is 1. The highest BCUT2D eigenvalue weighted by molar-refractivity contribution is 9.10. The third-order valence-electron chi connectivity index (χ3n) is 2.26. The van der Waals surface area contributed by atoms with Gasteiger partial charge in [-0.3, -0.25) is 0 Å². The van der Waals surface area contributed by atoms with E-state index in [1.165, 1.54) is 0 Å². The van der Waals surface area contributed by atoms with E-state index in [1.54, 1.807) is 0 Å². The molecule has 4 nitrogen and oxygen atoms in total. The summed E-state index contributed by atoms with van der Waals surface area (Å²) in [6.07, 6.45) is 0. The van der Waals surface area contributed by atoms with Gasteiger partial charge in [-0.05, 0) is 28.1 Å². The molecule has 0 saturated heterocycles. The lowest BCUT2D eigenvalue weighted by Gasteiger charge is -2.27. The van der Waals surface area contributed by atoms with Gasteiger partial charge in [-0.15, -0.1) is 0 Å². The fourth-order valence-corrected chi connectivity index (χ4v) is 2.33. The smallest absolute Gasteiger partial charge is 0.136 e. The number of likely N-dealkylation sites (N-methyl/N-ethyl adjacent to an activating group) is 1. The first-order valence-corrected chi connectivity index (χ1v) is 5.51. The first kappa shape index (κ1) is 10.4. The summed E-state index contributed by atoms with van der Waals surface area (Å²) >= 11 is 3.53. The lowest BCUT2D eigenvalue weighted by atomic mass is 10.2. The molecule has 0 bridgehead atoms. The van der Waals surface area contributed by atoms with Crippen LogP contribution in [0.3, 0.4) is 0 Å². The molecule has 0 aromatic heterocycles. The molecule has 0 saturated carbocycles. The molecule has 1 aromatic carbocycles. The monoisotopic (exact) mass is 268 g/mol. The molecular formula is C10H13BrN4. The third kappa shape index (κ3) is 1.98. The number of nitrogens with one attached hydrogen (secondary N) is 2. The van der Waals surface area contributed by atoms with Crippen molar-refractivity contribution in [1.82, 2.24) is 10.9 Å². The maximum Gasteiger partial charge on any atom is 0.136 e. The number of fused-ring (bicyclic) bond motifs is 1. The SMILES string of the molecule is CNNC1=Nc2cccc(Br)c2N(C)C1. The Hall–Kier alpha value is -1.07. The van der Waals surface area contributed by atoms with Crippen LogP contribution in [0, 0.1) is 0 Å². The van der Waals surface area contributed by atoms with Gasteiger partial charge in [-0.25, -0.2) is 10.4 Å². The number of hydrogen-bond donors (Lipinski definition) is 2. The highest BCUT2D eigenvalue weighted by Gasteiger charge is 2.17. The molecule has 15 heavy (non-hydrogen) atoms. The van der Waals surface area contributed by atoms with Crippen LogP contribution in [-0.2, 0) is 0 Å². The summed E-state index contributed by atoms with van der Waals surface area (Å²) in [4.78, 5) is 6.68. The summed E-state index contributed by atoms with van der Waals surface area (Å²) < 4.78 is 1.08. The van der Waals surface area contributed by atoms with Crippen LogP contribution in [0.5, 0.6) is 0 Å². The minimum atomic E-state index is 0.774. The van der Waals surface area contributed by atoms with Crippen LogP contribution >= 0.6 is 15.9 Å². The van der Waals surface area contributed by atoms with Gasteiger partial charge in [0.05, 0.1) is 17.9 Å². The second kappa shape index (κ2) is 4.20. The quantitative estimate of drug-likeness (QED) is 0.761. The molecule has 0 atom stereocenters. The van der Waals surface area contributed by atoms with E-state index in [4.69, 9.17) is 0 Å². The van der Waals surface area contributed by atoms with E-state index in [-0.39, 0.29) is 0 Å². The molecule has 1 aliphatic heterocycles. The summed E-state index contributed by atoms with van der Waals surface area (Å²) in [6, 6.07) is 6.02. The van der Waals surface area contributed by atoms with Crippen molar-refractivity contribution >= 4 is 33.1 Å². The average Bonchev–Trinajstić information content (AvgIpc) is 2.17. The van der Waals surface area contributed by atoms with Crippen molar-refractivity contribution in [3.8, 4) is 0 Å². The Kier molecular flexibility index (Phi) is 2.93. The molecule has 0 aliphatic carbocycles. The van der Waals surface area contributed by atoms with Gasteiger partial charge in [-0.2, -0.15) is 0 Å². The number of anilines is 1. The van der Waals surface area contributed by atoms with E-state index in [2.05, 4.69) is 43.7 Å². The zero-order valence-corrected chi connectivity index (χ0v) is 10.3. The van der Waals surface area contributed by atoms with Crippen LogP contribution in [0.1, 0.15) is 0 Å². The molecule has 0 amide bonds. The van der Waals surface area contributed by atoms with Gasteiger partial charge >= 0.3 is 0 Å².